The smallest absolute Gasteiger partial charge is 0.224 e. The van der Waals surface area contributed by atoms with E-state index in [1.165, 1.54) is 12.8 Å². The van der Waals surface area contributed by atoms with E-state index >= 15 is 0 Å². The maximum Gasteiger partial charge on any atom is 0.224 e. The van der Waals surface area contributed by atoms with E-state index in [9.17, 15) is 4.79 Å². The number of hydrogen-bond donors (Lipinski definition) is 3. The number of fused-ring (bicyclic) bond motifs is 1. The van der Waals surface area contributed by atoms with Gasteiger partial charge in [0.15, 0.2) is 0 Å². The van der Waals surface area contributed by atoms with Crippen LogP contribution in [0.2, 0.25) is 0 Å². The van der Waals surface area contributed by atoms with Gasteiger partial charge in [0.25, 0.3) is 0 Å². The zero-order chi connectivity index (χ0) is 13.9. The van der Waals surface area contributed by atoms with Crippen molar-refractivity contribution in [2.75, 3.05) is 36.1 Å². The number of anilines is 3. The number of nitrogens with one attached hydrogen (secondary N) is 2. The van der Waals surface area contributed by atoms with E-state index in [2.05, 4.69) is 10.6 Å². The molecule has 4 N–H and O–H groups in total. The topological polar surface area (TPSA) is 76.4 Å². The van der Waals surface area contributed by atoms with Crippen molar-refractivity contribution in [3.05, 3.63) is 17.7 Å². The number of nitrogens with two attached hydrogens (primary N) is 1. The highest BCUT2D eigenvalue weighted by atomic mass is 16.5. The molecule has 5 heteroatoms. The number of benzene rings is 1. The monoisotopic (exact) mass is 275 g/mol. The molecule has 1 aromatic rings. The van der Waals surface area contributed by atoms with Crippen molar-refractivity contribution in [2.24, 2.45) is 5.92 Å². The molecular weight excluding hydrogens is 254 g/mol. The summed E-state index contributed by atoms with van der Waals surface area (Å²) in [5.74, 6) is 0.860. The van der Waals surface area contributed by atoms with E-state index in [4.69, 9.17) is 10.5 Å². The Morgan fingerprint density at radius 2 is 2.20 bits per heavy atom. The number of nitrogen functional groups attached to an aromatic ring is 1. The number of amides is 1. The minimum atomic E-state index is 0.0612. The highest BCUT2D eigenvalue weighted by molar-refractivity contribution is 5.95. The number of rotatable bonds is 6. The third kappa shape index (κ3) is 3.22. The Morgan fingerprint density at radius 3 is 3.00 bits per heavy atom. The van der Waals surface area contributed by atoms with Crippen LogP contribution >= 0.6 is 0 Å². The summed E-state index contributed by atoms with van der Waals surface area (Å²) < 4.78 is 5.59. The van der Waals surface area contributed by atoms with Crippen molar-refractivity contribution in [1.82, 2.24) is 0 Å². The normalized spacial score (nSPS) is 17.5. The molecule has 1 aliphatic carbocycles. The molecular formula is C15H21N3O2. The van der Waals surface area contributed by atoms with E-state index in [1.807, 2.05) is 12.1 Å². The highest BCUT2D eigenvalue weighted by Gasteiger charge is 2.21. The summed E-state index contributed by atoms with van der Waals surface area (Å²) in [7, 11) is 0. The van der Waals surface area contributed by atoms with Crippen LogP contribution in [0, 0.1) is 5.92 Å². The molecule has 108 valence electrons. The maximum atomic E-state index is 11.3. The molecule has 2 aliphatic rings. The van der Waals surface area contributed by atoms with Crippen molar-refractivity contribution in [3.8, 4) is 0 Å². The molecule has 1 heterocycles. The summed E-state index contributed by atoms with van der Waals surface area (Å²) in [6, 6.07) is 3.87. The molecule has 3 rings (SSSR count). The number of carbonyl (C=O) groups is 1. The van der Waals surface area contributed by atoms with Gasteiger partial charge in [0.1, 0.15) is 0 Å². The van der Waals surface area contributed by atoms with Crippen LogP contribution in [-0.4, -0.2) is 25.7 Å². The molecule has 1 amide bonds. The van der Waals surface area contributed by atoms with Crippen LogP contribution in [0.1, 0.15) is 24.8 Å². The first-order valence-electron chi connectivity index (χ1n) is 7.26. The first-order valence-corrected chi connectivity index (χ1v) is 7.26. The lowest BCUT2D eigenvalue weighted by Crippen LogP contribution is -2.20. The Morgan fingerprint density at radius 1 is 1.35 bits per heavy atom. The lowest BCUT2D eigenvalue weighted by molar-refractivity contribution is -0.116. The van der Waals surface area contributed by atoms with Gasteiger partial charge in [-0.15, -0.1) is 0 Å². The van der Waals surface area contributed by atoms with Crippen LogP contribution in [-0.2, 0) is 16.0 Å². The van der Waals surface area contributed by atoms with Gasteiger partial charge in [0.05, 0.1) is 18.0 Å². The van der Waals surface area contributed by atoms with Crippen LogP contribution < -0.4 is 16.4 Å². The van der Waals surface area contributed by atoms with Gasteiger partial charge in [-0.2, -0.15) is 0 Å². The standard InChI is InChI=1S/C15H21N3O2/c16-12-8-13-11(3-4-15(19)18-13)7-14(12)17-5-6-20-9-10-1-2-10/h7-8,10,17H,1-6,9,16H2,(H,18,19). The van der Waals surface area contributed by atoms with E-state index < -0.39 is 0 Å². The first kappa shape index (κ1) is 13.2. The van der Waals surface area contributed by atoms with E-state index in [-0.39, 0.29) is 5.91 Å². The molecule has 1 aromatic carbocycles. The summed E-state index contributed by atoms with van der Waals surface area (Å²) in [4.78, 5) is 11.3. The molecule has 0 unspecified atom stereocenters. The van der Waals surface area contributed by atoms with Crippen LogP contribution in [0.25, 0.3) is 0 Å². The second-order valence-electron chi connectivity index (χ2n) is 5.59. The highest BCUT2D eigenvalue weighted by Crippen LogP contribution is 2.31. The van der Waals surface area contributed by atoms with Gasteiger partial charge in [-0.25, -0.2) is 0 Å². The van der Waals surface area contributed by atoms with Gasteiger partial charge in [0, 0.05) is 25.3 Å². The van der Waals surface area contributed by atoms with Crippen molar-refractivity contribution >= 4 is 23.0 Å². The van der Waals surface area contributed by atoms with Gasteiger partial charge in [-0.3, -0.25) is 4.79 Å². The fraction of sp³-hybridized carbons (Fsp3) is 0.533. The number of carbonyl (C=O) groups excluding carboxylic acids is 1. The minimum absolute atomic E-state index is 0.0612. The molecule has 0 spiro atoms. The summed E-state index contributed by atoms with van der Waals surface area (Å²) in [5, 5.41) is 6.16. The molecule has 0 aromatic heterocycles. The van der Waals surface area contributed by atoms with Gasteiger partial charge >= 0.3 is 0 Å². The van der Waals surface area contributed by atoms with Crippen LogP contribution in [0.15, 0.2) is 12.1 Å². The van der Waals surface area contributed by atoms with Gasteiger partial charge in [0.2, 0.25) is 5.91 Å². The average molecular weight is 275 g/mol. The summed E-state index contributed by atoms with van der Waals surface area (Å²) in [6.07, 6.45) is 3.95. The molecule has 1 saturated carbocycles. The van der Waals surface area contributed by atoms with E-state index in [0.717, 1.165) is 42.4 Å². The van der Waals surface area contributed by atoms with Crippen LogP contribution in [0.5, 0.6) is 0 Å². The Kier molecular flexibility index (Phi) is 3.78. The number of hydrogen-bond acceptors (Lipinski definition) is 4. The third-order valence-corrected chi connectivity index (χ3v) is 3.78. The fourth-order valence-electron chi connectivity index (χ4n) is 2.39. The molecule has 0 saturated heterocycles. The van der Waals surface area contributed by atoms with E-state index in [0.29, 0.717) is 18.7 Å². The predicted octanol–water partition coefficient (Wildman–Crippen LogP) is 1.99. The molecule has 1 aliphatic heterocycles. The van der Waals surface area contributed by atoms with Crippen LogP contribution in [0.4, 0.5) is 17.1 Å². The van der Waals surface area contributed by atoms with Gasteiger partial charge in [-0.1, -0.05) is 0 Å². The zero-order valence-corrected chi connectivity index (χ0v) is 11.6. The Balaban J connectivity index is 1.54. The summed E-state index contributed by atoms with van der Waals surface area (Å²) in [5.41, 5.74) is 9.58. The van der Waals surface area contributed by atoms with Crippen LogP contribution in [0.3, 0.4) is 0 Å². The number of ether oxygens (including phenoxy) is 1. The maximum absolute atomic E-state index is 11.3. The van der Waals surface area contributed by atoms with Crippen molar-refractivity contribution in [2.45, 2.75) is 25.7 Å². The average Bonchev–Trinajstić information content (AvgIpc) is 3.23. The molecule has 20 heavy (non-hydrogen) atoms. The largest absolute Gasteiger partial charge is 0.397 e. The molecule has 1 fully saturated rings. The fourth-order valence-corrected chi connectivity index (χ4v) is 2.39. The SMILES string of the molecule is Nc1cc2c(cc1NCCOCC1CC1)CCC(=O)N2. The third-order valence-electron chi connectivity index (χ3n) is 3.78. The Hall–Kier alpha value is -1.75. The van der Waals surface area contributed by atoms with E-state index in [1.54, 1.807) is 0 Å². The zero-order valence-electron chi connectivity index (χ0n) is 11.6. The molecule has 0 atom stereocenters. The second kappa shape index (κ2) is 5.71. The molecule has 0 bridgehead atoms. The summed E-state index contributed by atoms with van der Waals surface area (Å²) in [6.45, 7) is 2.33. The Labute approximate surface area is 118 Å². The lowest BCUT2D eigenvalue weighted by atomic mass is 10.0. The Bertz CT molecular complexity index is 512. The second-order valence-corrected chi connectivity index (χ2v) is 5.59. The van der Waals surface area contributed by atoms with Crippen molar-refractivity contribution in [1.29, 1.82) is 0 Å². The predicted molar refractivity (Wildman–Crippen MR) is 79.8 cm³/mol. The van der Waals surface area contributed by atoms with Gasteiger partial charge < -0.3 is 21.1 Å². The minimum Gasteiger partial charge on any atom is -0.397 e. The molecule has 5 nitrogen and oxygen atoms in total. The first-order chi connectivity index (χ1) is 9.72. The lowest BCUT2D eigenvalue weighted by Gasteiger charge is -2.19. The molecule has 0 radical (unpaired) electrons. The number of aryl methyl sites for hydroxylation is 1. The summed E-state index contributed by atoms with van der Waals surface area (Å²) >= 11 is 0. The quantitative estimate of drug-likeness (QED) is 0.548. The van der Waals surface area contributed by atoms with Gasteiger partial charge in [-0.05, 0) is 42.9 Å². The van der Waals surface area contributed by atoms with Crippen molar-refractivity contribution < 1.29 is 9.53 Å². The van der Waals surface area contributed by atoms with Crippen molar-refractivity contribution in [3.63, 3.8) is 0 Å².